The van der Waals surface area contributed by atoms with Gasteiger partial charge in [0.25, 0.3) is 5.91 Å². The number of carbonyl (C=O) groups is 1. The molecule has 5 heteroatoms. The Labute approximate surface area is 99.2 Å². The molecule has 1 N–H and O–H groups in total. The van der Waals surface area contributed by atoms with Gasteiger partial charge >= 0.3 is 0 Å². The van der Waals surface area contributed by atoms with Crippen molar-refractivity contribution < 1.29 is 9.53 Å². The smallest absolute Gasteiger partial charge is 0.266 e. The molecule has 0 atom stereocenters. The molecule has 0 saturated heterocycles. The molecule has 0 aliphatic carbocycles. The van der Waals surface area contributed by atoms with Gasteiger partial charge in [-0.3, -0.25) is 4.79 Å². The Morgan fingerprint density at radius 3 is 3.00 bits per heavy atom. The summed E-state index contributed by atoms with van der Waals surface area (Å²) < 4.78 is 4.91. The van der Waals surface area contributed by atoms with Gasteiger partial charge in [-0.15, -0.1) is 0 Å². The molecule has 0 aliphatic heterocycles. The highest BCUT2D eigenvalue weighted by Gasteiger charge is 1.98. The Morgan fingerprint density at radius 1 is 1.56 bits per heavy atom. The number of nitrogens with one attached hydrogen (secondary N) is 1. The molecule has 1 aromatic rings. The van der Waals surface area contributed by atoms with Crippen LogP contribution < -0.4 is 5.43 Å². The van der Waals surface area contributed by atoms with E-state index in [4.69, 9.17) is 16.3 Å². The fourth-order valence-electron chi connectivity index (χ4n) is 0.981. The monoisotopic (exact) mass is 240 g/mol. The van der Waals surface area contributed by atoms with E-state index in [1.807, 2.05) is 19.1 Å². The van der Waals surface area contributed by atoms with Crippen molar-refractivity contribution in [1.82, 2.24) is 5.43 Å². The number of rotatable bonds is 5. The number of halogens is 1. The first-order valence-corrected chi connectivity index (χ1v) is 5.26. The van der Waals surface area contributed by atoms with Crippen molar-refractivity contribution in [3.05, 3.63) is 34.9 Å². The van der Waals surface area contributed by atoms with Crippen molar-refractivity contribution >= 4 is 23.7 Å². The van der Waals surface area contributed by atoms with E-state index in [-0.39, 0.29) is 12.5 Å². The molecule has 0 spiro atoms. The van der Waals surface area contributed by atoms with Gasteiger partial charge in [0, 0.05) is 17.2 Å². The second-order valence-corrected chi connectivity index (χ2v) is 3.36. The second-order valence-electron chi connectivity index (χ2n) is 2.95. The third-order valence-corrected chi connectivity index (χ3v) is 2.08. The maximum Gasteiger partial charge on any atom is 0.266 e. The van der Waals surface area contributed by atoms with E-state index in [0.717, 1.165) is 5.56 Å². The minimum absolute atomic E-state index is 0.0103. The summed E-state index contributed by atoms with van der Waals surface area (Å²) in [4.78, 5) is 11.1. The maximum atomic E-state index is 11.1. The van der Waals surface area contributed by atoms with E-state index in [1.165, 1.54) is 6.21 Å². The Bertz CT molecular complexity index is 380. The van der Waals surface area contributed by atoms with Gasteiger partial charge in [-0.25, -0.2) is 5.43 Å². The average molecular weight is 241 g/mol. The van der Waals surface area contributed by atoms with Crippen molar-refractivity contribution in [2.24, 2.45) is 5.10 Å². The van der Waals surface area contributed by atoms with Crippen LogP contribution in [0.2, 0.25) is 5.02 Å². The summed E-state index contributed by atoms with van der Waals surface area (Å²) in [5, 5.41) is 4.35. The van der Waals surface area contributed by atoms with Crippen LogP contribution in [0.1, 0.15) is 12.5 Å². The van der Waals surface area contributed by atoms with E-state index in [9.17, 15) is 4.79 Å². The van der Waals surface area contributed by atoms with Gasteiger partial charge in [-0.05, 0) is 13.0 Å². The SMILES string of the molecule is CCOCC(=O)N/N=C/c1ccccc1Cl. The summed E-state index contributed by atoms with van der Waals surface area (Å²) in [6.45, 7) is 2.33. The van der Waals surface area contributed by atoms with Gasteiger partial charge in [-0.1, -0.05) is 29.8 Å². The fourth-order valence-corrected chi connectivity index (χ4v) is 1.17. The number of carbonyl (C=O) groups excluding carboxylic acids is 1. The van der Waals surface area contributed by atoms with Crippen LogP contribution in [0.15, 0.2) is 29.4 Å². The molecule has 0 fully saturated rings. The predicted molar refractivity (Wildman–Crippen MR) is 63.7 cm³/mol. The molecule has 0 aliphatic rings. The summed E-state index contributed by atoms with van der Waals surface area (Å²) in [6.07, 6.45) is 1.49. The zero-order chi connectivity index (χ0) is 11.8. The maximum absolute atomic E-state index is 11.1. The van der Waals surface area contributed by atoms with Crippen LogP contribution in [0.5, 0.6) is 0 Å². The standard InChI is InChI=1S/C11H13ClN2O2/c1-2-16-8-11(15)14-13-7-9-5-3-4-6-10(9)12/h3-7H,2,8H2,1H3,(H,14,15)/b13-7+. The number of hydrogen-bond acceptors (Lipinski definition) is 3. The Kier molecular flexibility index (Phi) is 5.53. The molecule has 1 aromatic carbocycles. The molecule has 86 valence electrons. The van der Waals surface area contributed by atoms with E-state index in [0.29, 0.717) is 11.6 Å². The van der Waals surface area contributed by atoms with Crippen molar-refractivity contribution in [2.45, 2.75) is 6.92 Å². The third-order valence-electron chi connectivity index (χ3n) is 1.74. The first-order valence-electron chi connectivity index (χ1n) is 4.88. The summed E-state index contributed by atoms with van der Waals surface area (Å²) in [6, 6.07) is 7.23. The lowest BCUT2D eigenvalue weighted by Crippen LogP contribution is -2.22. The molecule has 0 saturated carbocycles. The zero-order valence-corrected chi connectivity index (χ0v) is 9.70. The minimum atomic E-state index is -0.287. The number of nitrogens with zero attached hydrogens (tertiary/aromatic N) is 1. The van der Waals surface area contributed by atoms with Crippen molar-refractivity contribution in [2.75, 3.05) is 13.2 Å². The molecule has 0 aromatic heterocycles. The highest BCUT2D eigenvalue weighted by atomic mass is 35.5. The van der Waals surface area contributed by atoms with Crippen LogP contribution >= 0.6 is 11.6 Å². The first-order chi connectivity index (χ1) is 7.74. The lowest BCUT2D eigenvalue weighted by Gasteiger charge is -1.99. The van der Waals surface area contributed by atoms with E-state index >= 15 is 0 Å². The van der Waals surface area contributed by atoms with Crippen LogP contribution in [-0.4, -0.2) is 25.3 Å². The number of hydrazone groups is 1. The number of amides is 1. The number of ether oxygens (including phenoxy) is 1. The molecule has 0 heterocycles. The zero-order valence-electron chi connectivity index (χ0n) is 8.94. The molecule has 0 radical (unpaired) electrons. The van der Waals surface area contributed by atoms with Gasteiger partial charge in [0.2, 0.25) is 0 Å². The van der Waals surface area contributed by atoms with Crippen LogP contribution in [0.3, 0.4) is 0 Å². The molecule has 0 bridgehead atoms. The topological polar surface area (TPSA) is 50.7 Å². The summed E-state index contributed by atoms with van der Waals surface area (Å²) >= 11 is 5.89. The summed E-state index contributed by atoms with van der Waals surface area (Å²) in [5.41, 5.74) is 3.09. The van der Waals surface area contributed by atoms with Gasteiger partial charge in [0.15, 0.2) is 0 Å². The quantitative estimate of drug-likeness (QED) is 0.631. The molecule has 1 rings (SSSR count). The number of hydrogen-bond donors (Lipinski definition) is 1. The molecular formula is C11H13ClN2O2. The lowest BCUT2D eigenvalue weighted by molar-refractivity contribution is -0.125. The second kappa shape index (κ2) is 6.98. The van der Waals surface area contributed by atoms with Gasteiger partial charge < -0.3 is 4.74 Å². The molecule has 4 nitrogen and oxygen atoms in total. The Balaban J connectivity index is 2.43. The van der Waals surface area contributed by atoms with Crippen LogP contribution in [0, 0.1) is 0 Å². The minimum Gasteiger partial charge on any atom is -0.372 e. The molecule has 1 amide bonds. The largest absolute Gasteiger partial charge is 0.372 e. The first kappa shape index (κ1) is 12.7. The molecule has 16 heavy (non-hydrogen) atoms. The normalized spacial score (nSPS) is 10.6. The van der Waals surface area contributed by atoms with Gasteiger partial charge in [-0.2, -0.15) is 5.10 Å². The number of benzene rings is 1. The summed E-state index contributed by atoms with van der Waals surface area (Å²) in [7, 11) is 0. The Hall–Kier alpha value is -1.39. The fraction of sp³-hybridized carbons (Fsp3) is 0.273. The van der Waals surface area contributed by atoms with E-state index < -0.39 is 0 Å². The average Bonchev–Trinajstić information content (AvgIpc) is 2.29. The van der Waals surface area contributed by atoms with Gasteiger partial charge in [0.05, 0.1) is 6.21 Å². The van der Waals surface area contributed by atoms with E-state index in [2.05, 4.69) is 10.5 Å². The third kappa shape index (κ3) is 4.42. The van der Waals surface area contributed by atoms with Crippen molar-refractivity contribution in [3.63, 3.8) is 0 Å². The summed E-state index contributed by atoms with van der Waals surface area (Å²) in [5.74, 6) is -0.287. The van der Waals surface area contributed by atoms with Crippen LogP contribution in [0.4, 0.5) is 0 Å². The Morgan fingerprint density at radius 2 is 2.31 bits per heavy atom. The predicted octanol–water partition coefficient (Wildman–Crippen LogP) is 1.83. The molecular weight excluding hydrogens is 228 g/mol. The highest BCUT2D eigenvalue weighted by molar-refractivity contribution is 6.33. The van der Waals surface area contributed by atoms with Crippen LogP contribution in [-0.2, 0) is 9.53 Å². The van der Waals surface area contributed by atoms with Gasteiger partial charge in [0.1, 0.15) is 6.61 Å². The lowest BCUT2D eigenvalue weighted by atomic mass is 10.2. The van der Waals surface area contributed by atoms with E-state index in [1.54, 1.807) is 12.1 Å². The van der Waals surface area contributed by atoms with Crippen LogP contribution in [0.25, 0.3) is 0 Å². The van der Waals surface area contributed by atoms with Crippen molar-refractivity contribution in [1.29, 1.82) is 0 Å². The van der Waals surface area contributed by atoms with Crippen molar-refractivity contribution in [3.8, 4) is 0 Å². The molecule has 0 unspecified atom stereocenters. The highest BCUT2D eigenvalue weighted by Crippen LogP contribution is 2.11.